The van der Waals surface area contributed by atoms with Crippen LogP contribution in [0.15, 0.2) is 18.2 Å². The summed E-state index contributed by atoms with van der Waals surface area (Å²) in [6.07, 6.45) is 6.64. The van der Waals surface area contributed by atoms with Crippen molar-refractivity contribution in [2.24, 2.45) is 5.92 Å². The molecule has 1 aromatic carbocycles. The predicted octanol–water partition coefficient (Wildman–Crippen LogP) is 4.22. The summed E-state index contributed by atoms with van der Waals surface area (Å²) in [7, 11) is 1.49. The number of rotatable bonds is 4. The molecule has 1 N–H and O–H groups in total. The SMILES string of the molecule is COc1cc(NC(C)C2CCCCC2)ccc1F. The molecule has 0 aromatic heterocycles. The first-order valence-corrected chi connectivity index (χ1v) is 6.81. The van der Waals surface area contributed by atoms with E-state index in [-0.39, 0.29) is 5.82 Å². The number of benzene rings is 1. The second-order valence-corrected chi connectivity index (χ2v) is 5.18. The first kappa shape index (κ1) is 13.2. The summed E-state index contributed by atoms with van der Waals surface area (Å²) in [5.41, 5.74) is 0.936. The normalized spacial score (nSPS) is 18.4. The minimum Gasteiger partial charge on any atom is -0.494 e. The number of hydrogen-bond donors (Lipinski definition) is 1. The lowest BCUT2D eigenvalue weighted by Gasteiger charge is -2.29. The van der Waals surface area contributed by atoms with Gasteiger partial charge in [0.25, 0.3) is 0 Å². The molecule has 18 heavy (non-hydrogen) atoms. The second kappa shape index (κ2) is 6.07. The Kier molecular flexibility index (Phi) is 4.45. The maximum absolute atomic E-state index is 13.3. The zero-order chi connectivity index (χ0) is 13.0. The average Bonchev–Trinajstić information content (AvgIpc) is 2.42. The van der Waals surface area contributed by atoms with E-state index in [0.29, 0.717) is 11.8 Å². The summed E-state index contributed by atoms with van der Waals surface area (Å²) in [5, 5.41) is 3.47. The highest BCUT2D eigenvalue weighted by molar-refractivity contribution is 5.49. The highest BCUT2D eigenvalue weighted by Gasteiger charge is 2.20. The Bertz CT molecular complexity index is 388. The third kappa shape index (κ3) is 3.15. The summed E-state index contributed by atoms with van der Waals surface area (Å²) < 4.78 is 18.3. The van der Waals surface area contributed by atoms with Gasteiger partial charge in [0.2, 0.25) is 0 Å². The van der Waals surface area contributed by atoms with E-state index in [2.05, 4.69) is 12.2 Å². The van der Waals surface area contributed by atoms with Crippen LogP contribution in [-0.4, -0.2) is 13.2 Å². The second-order valence-electron chi connectivity index (χ2n) is 5.18. The number of ether oxygens (including phenoxy) is 1. The molecule has 0 radical (unpaired) electrons. The molecule has 1 aromatic rings. The molecule has 0 saturated heterocycles. The van der Waals surface area contributed by atoms with E-state index < -0.39 is 0 Å². The van der Waals surface area contributed by atoms with E-state index in [1.165, 1.54) is 45.3 Å². The minimum atomic E-state index is -0.312. The van der Waals surface area contributed by atoms with Gasteiger partial charge in [0, 0.05) is 17.8 Å². The van der Waals surface area contributed by atoms with Crippen molar-refractivity contribution in [1.29, 1.82) is 0 Å². The Labute approximate surface area is 109 Å². The van der Waals surface area contributed by atoms with Gasteiger partial charge in [0.15, 0.2) is 11.6 Å². The van der Waals surface area contributed by atoms with Gasteiger partial charge in [-0.1, -0.05) is 19.3 Å². The van der Waals surface area contributed by atoms with Crippen molar-refractivity contribution < 1.29 is 9.13 Å². The van der Waals surface area contributed by atoms with E-state index >= 15 is 0 Å². The van der Waals surface area contributed by atoms with Gasteiger partial charge in [0.1, 0.15) is 0 Å². The minimum absolute atomic E-state index is 0.302. The van der Waals surface area contributed by atoms with Crippen molar-refractivity contribution in [3.05, 3.63) is 24.0 Å². The standard InChI is InChI=1S/C15H22FNO/c1-11(12-6-4-3-5-7-12)17-13-8-9-14(16)15(10-13)18-2/h8-12,17H,3-7H2,1-2H3. The van der Waals surface area contributed by atoms with Crippen LogP contribution < -0.4 is 10.1 Å². The molecule has 1 aliphatic carbocycles. The molecule has 0 amide bonds. The quantitative estimate of drug-likeness (QED) is 0.865. The van der Waals surface area contributed by atoms with Crippen LogP contribution in [0.2, 0.25) is 0 Å². The van der Waals surface area contributed by atoms with Gasteiger partial charge in [-0.25, -0.2) is 4.39 Å². The fraction of sp³-hybridized carbons (Fsp3) is 0.600. The van der Waals surface area contributed by atoms with Crippen molar-refractivity contribution in [2.45, 2.75) is 45.1 Å². The number of nitrogens with one attached hydrogen (secondary N) is 1. The van der Waals surface area contributed by atoms with Crippen LogP contribution >= 0.6 is 0 Å². The van der Waals surface area contributed by atoms with Crippen molar-refractivity contribution in [3.63, 3.8) is 0 Å². The van der Waals surface area contributed by atoms with E-state index in [1.54, 1.807) is 12.1 Å². The molecular formula is C15H22FNO. The van der Waals surface area contributed by atoms with Crippen molar-refractivity contribution in [3.8, 4) is 5.75 Å². The topological polar surface area (TPSA) is 21.3 Å². The fourth-order valence-corrected chi connectivity index (χ4v) is 2.76. The number of methoxy groups -OCH3 is 1. The largest absolute Gasteiger partial charge is 0.494 e. The van der Waals surface area contributed by atoms with Gasteiger partial charge in [-0.2, -0.15) is 0 Å². The van der Waals surface area contributed by atoms with Crippen LogP contribution in [-0.2, 0) is 0 Å². The molecule has 1 atom stereocenters. The average molecular weight is 251 g/mol. The van der Waals surface area contributed by atoms with Crippen molar-refractivity contribution in [1.82, 2.24) is 0 Å². The smallest absolute Gasteiger partial charge is 0.165 e. The summed E-state index contributed by atoms with van der Waals surface area (Å²) in [6, 6.07) is 5.39. The van der Waals surface area contributed by atoms with Crippen LogP contribution in [0.1, 0.15) is 39.0 Å². The maximum atomic E-state index is 13.3. The zero-order valence-electron chi connectivity index (χ0n) is 11.2. The number of hydrogen-bond acceptors (Lipinski definition) is 2. The van der Waals surface area contributed by atoms with Crippen LogP contribution in [0, 0.1) is 11.7 Å². The van der Waals surface area contributed by atoms with Crippen molar-refractivity contribution in [2.75, 3.05) is 12.4 Å². The van der Waals surface area contributed by atoms with E-state index in [1.807, 2.05) is 0 Å². The van der Waals surface area contributed by atoms with Crippen LogP contribution in [0.25, 0.3) is 0 Å². The Balaban J connectivity index is 1.99. The third-order valence-corrected chi connectivity index (χ3v) is 3.90. The van der Waals surface area contributed by atoms with Crippen LogP contribution in [0.3, 0.4) is 0 Å². The number of halogens is 1. The monoisotopic (exact) mass is 251 g/mol. The Morgan fingerprint density at radius 3 is 2.67 bits per heavy atom. The van der Waals surface area contributed by atoms with Crippen LogP contribution in [0.5, 0.6) is 5.75 Å². The molecule has 1 saturated carbocycles. The summed E-state index contributed by atoms with van der Waals surface area (Å²) in [5.74, 6) is 0.721. The molecule has 0 aliphatic heterocycles. The van der Waals surface area contributed by atoms with Gasteiger partial charge >= 0.3 is 0 Å². The lowest BCUT2D eigenvalue weighted by Crippen LogP contribution is -2.27. The molecule has 2 nitrogen and oxygen atoms in total. The van der Waals surface area contributed by atoms with Gasteiger partial charge in [-0.3, -0.25) is 0 Å². The molecule has 1 fully saturated rings. The zero-order valence-corrected chi connectivity index (χ0v) is 11.2. The van der Waals surface area contributed by atoms with E-state index in [9.17, 15) is 4.39 Å². The molecular weight excluding hydrogens is 229 g/mol. The molecule has 100 valence electrons. The number of anilines is 1. The first-order chi connectivity index (χ1) is 8.70. The van der Waals surface area contributed by atoms with E-state index in [0.717, 1.165) is 11.6 Å². The molecule has 1 unspecified atom stereocenters. The van der Waals surface area contributed by atoms with Crippen LogP contribution in [0.4, 0.5) is 10.1 Å². The highest BCUT2D eigenvalue weighted by atomic mass is 19.1. The lowest BCUT2D eigenvalue weighted by molar-refractivity contribution is 0.328. The Hall–Kier alpha value is -1.25. The summed E-state index contributed by atoms with van der Waals surface area (Å²) in [4.78, 5) is 0. The lowest BCUT2D eigenvalue weighted by atomic mass is 9.84. The van der Waals surface area contributed by atoms with Gasteiger partial charge in [0.05, 0.1) is 7.11 Å². The van der Waals surface area contributed by atoms with Crippen molar-refractivity contribution >= 4 is 5.69 Å². The molecule has 0 bridgehead atoms. The highest BCUT2D eigenvalue weighted by Crippen LogP contribution is 2.29. The maximum Gasteiger partial charge on any atom is 0.165 e. The first-order valence-electron chi connectivity index (χ1n) is 6.81. The molecule has 1 aliphatic rings. The Morgan fingerprint density at radius 2 is 2.00 bits per heavy atom. The summed E-state index contributed by atoms with van der Waals surface area (Å²) in [6.45, 7) is 2.21. The van der Waals surface area contributed by atoms with E-state index in [4.69, 9.17) is 4.74 Å². The molecule has 2 rings (SSSR count). The third-order valence-electron chi connectivity index (χ3n) is 3.90. The molecule has 0 spiro atoms. The fourth-order valence-electron chi connectivity index (χ4n) is 2.76. The van der Waals surface area contributed by atoms with Gasteiger partial charge in [-0.05, 0) is 37.8 Å². The Morgan fingerprint density at radius 1 is 1.28 bits per heavy atom. The summed E-state index contributed by atoms with van der Waals surface area (Å²) >= 11 is 0. The molecule has 3 heteroatoms. The molecule has 0 heterocycles. The van der Waals surface area contributed by atoms with Gasteiger partial charge in [-0.15, -0.1) is 0 Å². The van der Waals surface area contributed by atoms with Gasteiger partial charge < -0.3 is 10.1 Å². The predicted molar refractivity (Wildman–Crippen MR) is 72.6 cm³/mol.